The molecular weight excluding hydrogens is 357 g/mol. The van der Waals surface area contributed by atoms with Crippen LogP contribution in [-0.4, -0.2) is 47.7 Å². The molecule has 3 rings (SSSR count). The second-order valence-corrected chi connectivity index (χ2v) is 8.02. The third-order valence-electron chi connectivity index (χ3n) is 5.68. The van der Waals surface area contributed by atoms with Crippen molar-refractivity contribution in [3.63, 3.8) is 0 Å². The third-order valence-corrected chi connectivity index (χ3v) is 5.68. The Balaban J connectivity index is 1.42. The maximum atomic E-state index is 12.6. The Kier molecular flexibility index (Phi) is 6.11. The largest absolute Gasteiger partial charge is 0.480 e. The van der Waals surface area contributed by atoms with Crippen LogP contribution in [0.15, 0.2) is 24.3 Å². The van der Waals surface area contributed by atoms with Gasteiger partial charge in [-0.05, 0) is 55.2 Å². The number of hydrogen-bond acceptors (Lipinski definition) is 3. The lowest BCUT2D eigenvalue weighted by atomic mass is 9.84. The van der Waals surface area contributed by atoms with Crippen molar-refractivity contribution in [1.82, 2.24) is 10.2 Å². The van der Waals surface area contributed by atoms with Crippen molar-refractivity contribution in [2.24, 2.45) is 5.92 Å². The molecule has 0 heterocycles. The molecule has 150 valence electrons. The van der Waals surface area contributed by atoms with Crippen molar-refractivity contribution in [2.45, 2.75) is 56.8 Å². The number of hydrogen-bond donors (Lipinski definition) is 2. The first-order valence-corrected chi connectivity index (χ1v) is 9.58. The standard InChI is InChI=1S/C20H27F3N2O2/c1-13(15-4-6-16(7-5-15)20(21,22)23)10-24-17-8-18(9-17)25(12-19(26)27)11-14-2-3-14/h4-7,13-14,17-18,24H,2-3,8-12H2,1H3,(H,26,27). The van der Waals surface area contributed by atoms with E-state index in [1.165, 1.54) is 12.8 Å². The molecule has 0 aliphatic heterocycles. The zero-order valence-corrected chi connectivity index (χ0v) is 15.5. The van der Waals surface area contributed by atoms with Gasteiger partial charge < -0.3 is 10.4 Å². The Morgan fingerprint density at radius 3 is 2.41 bits per heavy atom. The van der Waals surface area contributed by atoms with Gasteiger partial charge in [0.25, 0.3) is 0 Å². The number of carboxylic acids is 1. The van der Waals surface area contributed by atoms with Gasteiger partial charge in [0.1, 0.15) is 0 Å². The molecule has 1 aromatic carbocycles. The van der Waals surface area contributed by atoms with Crippen LogP contribution in [0.2, 0.25) is 0 Å². The highest BCUT2D eigenvalue weighted by atomic mass is 19.4. The van der Waals surface area contributed by atoms with Crippen molar-refractivity contribution in [3.8, 4) is 0 Å². The molecule has 4 nitrogen and oxygen atoms in total. The number of nitrogens with zero attached hydrogens (tertiary/aromatic N) is 1. The van der Waals surface area contributed by atoms with E-state index in [1.807, 2.05) is 6.92 Å². The van der Waals surface area contributed by atoms with Crippen LogP contribution in [-0.2, 0) is 11.0 Å². The van der Waals surface area contributed by atoms with E-state index in [4.69, 9.17) is 5.11 Å². The Morgan fingerprint density at radius 1 is 1.26 bits per heavy atom. The summed E-state index contributed by atoms with van der Waals surface area (Å²) >= 11 is 0. The topological polar surface area (TPSA) is 52.6 Å². The summed E-state index contributed by atoms with van der Waals surface area (Å²) < 4.78 is 37.9. The fourth-order valence-electron chi connectivity index (χ4n) is 3.66. The highest BCUT2D eigenvalue weighted by molar-refractivity contribution is 5.69. The average Bonchev–Trinajstić information content (AvgIpc) is 3.35. The van der Waals surface area contributed by atoms with E-state index in [9.17, 15) is 18.0 Å². The first-order chi connectivity index (χ1) is 12.7. The lowest BCUT2D eigenvalue weighted by Gasteiger charge is -2.43. The molecule has 2 fully saturated rings. The monoisotopic (exact) mass is 384 g/mol. The van der Waals surface area contributed by atoms with Gasteiger partial charge in [0.2, 0.25) is 0 Å². The number of halogens is 3. The second kappa shape index (κ2) is 8.19. The normalized spacial score (nSPS) is 23.9. The van der Waals surface area contributed by atoms with Gasteiger partial charge in [-0.25, -0.2) is 0 Å². The molecule has 0 aromatic heterocycles. The number of benzene rings is 1. The molecule has 7 heteroatoms. The van der Waals surface area contributed by atoms with Crippen LogP contribution in [0.4, 0.5) is 13.2 Å². The van der Waals surface area contributed by atoms with Crippen LogP contribution < -0.4 is 5.32 Å². The molecule has 1 atom stereocenters. The highest BCUT2D eigenvalue weighted by Crippen LogP contribution is 2.34. The van der Waals surface area contributed by atoms with Crippen molar-refractivity contribution in [2.75, 3.05) is 19.6 Å². The van der Waals surface area contributed by atoms with Gasteiger partial charge in [0, 0.05) is 25.2 Å². The second-order valence-electron chi connectivity index (χ2n) is 8.02. The Morgan fingerprint density at radius 2 is 1.89 bits per heavy atom. The quantitative estimate of drug-likeness (QED) is 0.681. The molecule has 0 radical (unpaired) electrons. The Bertz CT molecular complexity index is 638. The molecule has 1 aromatic rings. The maximum Gasteiger partial charge on any atom is 0.416 e. The lowest BCUT2D eigenvalue weighted by Crippen LogP contribution is -2.54. The van der Waals surface area contributed by atoms with E-state index in [0.717, 1.165) is 37.1 Å². The zero-order chi connectivity index (χ0) is 19.6. The van der Waals surface area contributed by atoms with E-state index in [2.05, 4.69) is 10.2 Å². The molecule has 1 unspecified atom stereocenters. The zero-order valence-electron chi connectivity index (χ0n) is 15.5. The predicted octanol–water partition coefficient (Wildman–Crippen LogP) is 3.73. The van der Waals surface area contributed by atoms with Crippen LogP contribution in [0.25, 0.3) is 0 Å². The number of carboxylic acid groups (broad SMARTS) is 1. The summed E-state index contributed by atoms with van der Waals surface area (Å²) in [5.74, 6) is 0.00644. The third kappa shape index (κ3) is 5.69. The molecule has 0 spiro atoms. The lowest BCUT2D eigenvalue weighted by molar-refractivity contribution is -0.140. The Labute approximate surface area is 157 Å². The van der Waals surface area contributed by atoms with Gasteiger partial charge in [-0.15, -0.1) is 0 Å². The van der Waals surface area contributed by atoms with E-state index < -0.39 is 17.7 Å². The van der Waals surface area contributed by atoms with Gasteiger partial charge >= 0.3 is 12.1 Å². The van der Waals surface area contributed by atoms with Gasteiger partial charge in [0.15, 0.2) is 0 Å². The molecule has 2 aliphatic rings. The molecule has 0 amide bonds. The van der Waals surface area contributed by atoms with Crippen LogP contribution in [0, 0.1) is 5.92 Å². The molecule has 0 saturated heterocycles. The van der Waals surface area contributed by atoms with Crippen LogP contribution in [0.5, 0.6) is 0 Å². The summed E-state index contributed by atoms with van der Waals surface area (Å²) in [5, 5.41) is 12.6. The smallest absolute Gasteiger partial charge is 0.416 e. The van der Waals surface area contributed by atoms with E-state index in [1.54, 1.807) is 12.1 Å². The van der Waals surface area contributed by atoms with Crippen LogP contribution >= 0.6 is 0 Å². The first kappa shape index (κ1) is 20.1. The number of rotatable bonds is 9. The van der Waals surface area contributed by atoms with Gasteiger partial charge in [-0.2, -0.15) is 13.2 Å². The van der Waals surface area contributed by atoms with E-state index in [-0.39, 0.29) is 12.5 Å². The summed E-state index contributed by atoms with van der Waals surface area (Å²) in [6.45, 7) is 3.68. The first-order valence-electron chi connectivity index (χ1n) is 9.58. The van der Waals surface area contributed by atoms with E-state index >= 15 is 0 Å². The van der Waals surface area contributed by atoms with Gasteiger partial charge in [-0.3, -0.25) is 9.69 Å². The van der Waals surface area contributed by atoms with Crippen molar-refractivity contribution >= 4 is 5.97 Å². The molecule has 2 saturated carbocycles. The number of carbonyl (C=O) groups is 1. The van der Waals surface area contributed by atoms with Crippen LogP contribution in [0.3, 0.4) is 0 Å². The molecule has 2 N–H and O–H groups in total. The maximum absolute atomic E-state index is 12.6. The predicted molar refractivity (Wildman–Crippen MR) is 96.6 cm³/mol. The minimum absolute atomic E-state index is 0.107. The summed E-state index contributed by atoms with van der Waals surface area (Å²) in [5.41, 5.74) is 0.259. The molecular formula is C20H27F3N2O2. The average molecular weight is 384 g/mol. The van der Waals surface area contributed by atoms with Gasteiger partial charge in [-0.1, -0.05) is 19.1 Å². The number of aliphatic carboxylic acids is 1. The highest BCUT2D eigenvalue weighted by Gasteiger charge is 2.37. The summed E-state index contributed by atoms with van der Waals surface area (Å²) in [6, 6.07) is 6.02. The summed E-state index contributed by atoms with van der Waals surface area (Å²) in [6.07, 6.45) is -0.0347. The minimum Gasteiger partial charge on any atom is -0.480 e. The fourth-order valence-corrected chi connectivity index (χ4v) is 3.66. The summed E-state index contributed by atoms with van der Waals surface area (Å²) in [4.78, 5) is 13.2. The number of alkyl halides is 3. The minimum atomic E-state index is -4.30. The van der Waals surface area contributed by atoms with Gasteiger partial charge in [0.05, 0.1) is 12.1 Å². The fraction of sp³-hybridized carbons (Fsp3) is 0.650. The molecule has 0 bridgehead atoms. The van der Waals surface area contributed by atoms with E-state index in [0.29, 0.717) is 24.5 Å². The SMILES string of the molecule is CC(CNC1CC(N(CC(=O)O)CC2CC2)C1)c1ccc(C(F)(F)F)cc1. The van der Waals surface area contributed by atoms with Crippen molar-refractivity contribution in [1.29, 1.82) is 0 Å². The number of nitrogens with one attached hydrogen (secondary N) is 1. The Hall–Kier alpha value is -1.60. The van der Waals surface area contributed by atoms with Crippen LogP contribution in [0.1, 0.15) is 49.7 Å². The molecule has 2 aliphatic carbocycles. The molecule has 27 heavy (non-hydrogen) atoms. The van der Waals surface area contributed by atoms with Crippen molar-refractivity contribution in [3.05, 3.63) is 35.4 Å². The summed E-state index contributed by atoms with van der Waals surface area (Å²) in [7, 11) is 0. The van der Waals surface area contributed by atoms with Crippen molar-refractivity contribution < 1.29 is 23.1 Å².